The monoisotopic (exact) mass is 359 g/mol. The molecule has 136 valence electrons. The zero-order chi connectivity index (χ0) is 18.6. The minimum Gasteiger partial charge on any atom is -0.478 e. The van der Waals surface area contributed by atoms with E-state index in [9.17, 15) is 9.90 Å². The Kier molecular flexibility index (Phi) is 4.94. The predicted octanol–water partition coefficient (Wildman–Crippen LogP) is 4.18. The number of carbonyl (C=O) groups is 1. The Morgan fingerprint density at radius 2 is 1.93 bits per heavy atom. The van der Waals surface area contributed by atoms with E-state index in [0.717, 1.165) is 36.3 Å². The molecule has 1 fully saturated rings. The van der Waals surface area contributed by atoms with E-state index < -0.39 is 5.97 Å². The lowest BCUT2D eigenvalue weighted by Crippen LogP contribution is -2.23. The first-order chi connectivity index (χ1) is 13.2. The van der Waals surface area contributed by atoms with Gasteiger partial charge in [-0.25, -0.2) is 14.8 Å². The van der Waals surface area contributed by atoms with E-state index in [4.69, 9.17) is 0 Å². The molecule has 2 aromatic carbocycles. The number of nitrogens with zero attached hydrogens (tertiary/aromatic N) is 3. The van der Waals surface area contributed by atoms with Crippen molar-refractivity contribution in [2.24, 2.45) is 0 Å². The second kappa shape index (κ2) is 7.68. The van der Waals surface area contributed by atoms with Crippen LogP contribution in [0.1, 0.15) is 40.5 Å². The summed E-state index contributed by atoms with van der Waals surface area (Å²) in [5.41, 5.74) is 4.29. The molecule has 0 spiro atoms. The summed E-state index contributed by atoms with van der Waals surface area (Å²) < 4.78 is 0. The van der Waals surface area contributed by atoms with Gasteiger partial charge < -0.3 is 5.11 Å². The zero-order valence-corrected chi connectivity index (χ0v) is 15.0. The number of aromatic nitrogens is 2. The summed E-state index contributed by atoms with van der Waals surface area (Å²) in [5.74, 6) is -0.903. The van der Waals surface area contributed by atoms with Crippen molar-refractivity contribution < 1.29 is 9.90 Å². The number of benzene rings is 2. The van der Waals surface area contributed by atoms with Crippen molar-refractivity contribution in [3.05, 3.63) is 83.9 Å². The first kappa shape index (κ1) is 17.4. The average molecular weight is 359 g/mol. The van der Waals surface area contributed by atoms with Crippen LogP contribution in [0.3, 0.4) is 0 Å². The van der Waals surface area contributed by atoms with Crippen molar-refractivity contribution in [1.29, 1.82) is 0 Å². The third-order valence-corrected chi connectivity index (χ3v) is 5.12. The van der Waals surface area contributed by atoms with Gasteiger partial charge in [0.25, 0.3) is 0 Å². The fourth-order valence-corrected chi connectivity index (χ4v) is 3.79. The molecule has 1 atom stereocenters. The number of hydrogen-bond acceptors (Lipinski definition) is 4. The summed E-state index contributed by atoms with van der Waals surface area (Å²) in [6.07, 6.45) is 5.69. The molecule has 0 unspecified atom stereocenters. The Balaban J connectivity index is 1.53. The maximum atomic E-state index is 11.4. The minimum absolute atomic E-state index is 0.327. The summed E-state index contributed by atoms with van der Waals surface area (Å²) in [5, 5.41) is 9.39. The summed E-state index contributed by atoms with van der Waals surface area (Å²) in [6.45, 7) is 1.91. The second-order valence-corrected chi connectivity index (χ2v) is 6.81. The lowest BCUT2D eigenvalue weighted by Gasteiger charge is -2.24. The number of carboxylic acids is 1. The van der Waals surface area contributed by atoms with Crippen LogP contribution in [0, 0.1) is 0 Å². The maximum absolute atomic E-state index is 11.4. The van der Waals surface area contributed by atoms with E-state index in [1.807, 2.05) is 30.3 Å². The summed E-state index contributed by atoms with van der Waals surface area (Å²) >= 11 is 0. The van der Waals surface area contributed by atoms with Crippen LogP contribution in [0.2, 0.25) is 0 Å². The molecule has 1 aliphatic heterocycles. The van der Waals surface area contributed by atoms with Gasteiger partial charge in [0.05, 0.1) is 17.3 Å². The molecule has 5 heteroatoms. The molecule has 0 amide bonds. The van der Waals surface area contributed by atoms with Gasteiger partial charge in [0.1, 0.15) is 6.33 Å². The Morgan fingerprint density at radius 3 is 2.67 bits per heavy atom. The average Bonchev–Trinajstić information content (AvgIpc) is 3.17. The van der Waals surface area contributed by atoms with Gasteiger partial charge in [0.15, 0.2) is 0 Å². The Bertz CT molecular complexity index is 926. The highest BCUT2D eigenvalue weighted by atomic mass is 16.4. The van der Waals surface area contributed by atoms with E-state index in [2.05, 4.69) is 27.0 Å². The minimum atomic E-state index is -0.903. The molecule has 1 saturated heterocycles. The van der Waals surface area contributed by atoms with E-state index in [0.29, 0.717) is 11.6 Å². The third-order valence-electron chi connectivity index (χ3n) is 5.12. The van der Waals surface area contributed by atoms with Gasteiger partial charge in [-0.2, -0.15) is 0 Å². The van der Waals surface area contributed by atoms with Crippen molar-refractivity contribution >= 4 is 5.97 Å². The van der Waals surface area contributed by atoms with Crippen molar-refractivity contribution in [3.63, 3.8) is 0 Å². The smallest absolute Gasteiger partial charge is 0.336 e. The van der Waals surface area contributed by atoms with Crippen LogP contribution in [-0.2, 0) is 6.54 Å². The molecule has 4 rings (SSSR count). The van der Waals surface area contributed by atoms with Crippen LogP contribution in [0.25, 0.3) is 11.1 Å². The van der Waals surface area contributed by atoms with E-state index in [1.165, 1.54) is 12.0 Å². The lowest BCUT2D eigenvalue weighted by molar-refractivity contribution is 0.0697. The Morgan fingerprint density at radius 1 is 1.11 bits per heavy atom. The molecule has 3 aromatic rings. The van der Waals surface area contributed by atoms with Gasteiger partial charge in [0, 0.05) is 12.7 Å². The summed E-state index contributed by atoms with van der Waals surface area (Å²) in [7, 11) is 0. The van der Waals surface area contributed by atoms with Gasteiger partial charge in [-0.1, -0.05) is 42.5 Å². The number of hydrogen-bond donors (Lipinski definition) is 1. The fourth-order valence-electron chi connectivity index (χ4n) is 3.79. The fraction of sp³-hybridized carbons (Fsp3) is 0.227. The van der Waals surface area contributed by atoms with Gasteiger partial charge in [-0.3, -0.25) is 4.90 Å². The van der Waals surface area contributed by atoms with Gasteiger partial charge in [-0.05, 0) is 48.2 Å². The largest absolute Gasteiger partial charge is 0.478 e. The molecule has 0 aliphatic carbocycles. The summed E-state index contributed by atoms with van der Waals surface area (Å²) in [4.78, 5) is 22.3. The summed E-state index contributed by atoms with van der Waals surface area (Å²) in [6, 6.07) is 17.6. The number of rotatable bonds is 5. The SMILES string of the molecule is O=C(O)c1ccccc1-c1ccc(CN2CCC[C@@H]2c2ccncn2)cc1. The highest BCUT2D eigenvalue weighted by Gasteiger charge is 2.26. The van der Waals surface area contributed by atoms with Crippen LogP contribution in [0.5, 0.6) is 0 Å². The lowest BCUT2D eigenvalue weighted by atomic mass is 9.98. The highest BCUT2D eigenvalue weighted by Crippen LogP contribution is 2.32. The van der Waals surface area contributed by atoms with Crippen LogP contribution in [0.15, 0.2) is 67.1 Å². The maximum Gasteiger partial charge on any atom is 0.336 e. The van der Waals surface area contributed by atoms with Crippen molar-refractivity contribution in [2.75, 3.05) is 6.54 Å². The van der Waals surface area contributed by atoms with Crippen LogP contribution >= 0.6 is 0 Å². The molecular formula is C22H21N3O2. The zero-order valence-electron chi connectivity index (χ0n) is 15.0. The Labute approximate surface area is 158 Å². The molecule has 1 aliphatic rings. The molecule has 0 saturated carbocycles. The Hall–Kier alpha value is -3.05. The molecule has 5 nitrogen and oxygen atoms in total. The highest BCUT2D eigenvalue weighted by molar-refractivity contribution is 5.95. The first-order valence-corrected chi connectivity index (χ1v) is 9.14. The first-order valence-electron chi connectivity index (χ1n) is 9.14. The van der Waals surface area contributed by atoms with Crippen molar-refractivity contribution in [1.82, 2.24) is 14.9 Å². The predicted molar refractivity (Wildman–Crippen MR) is 103 cm³/mol. The van der Waals surface area contributed by atoms with Crippen LogP contribution in [-0.4, -0.2) is 32.5 Å². The second-order valence-electron chi connectivity index (χ2n) is 6.81. The quantitative estimate of drug-likeness (QED) is 0.740. The number of aromatic carboxylic acids is 1. The normalized spacial score (nSPS) is 17.1. The van der Waals surface area contributed by atoms with Crippen molar-refractivity contribution in [3.8, 4) is 11.1 Å². The van der Waals surface area contributed by atoms with Gasteiger partial charge in [0.2, 0.25) is 0 Å². The van der Waals surface area contributed by atoms with E-state index >= 15 is 0 Å². The molecule has 2 heterocycles. The van der Waals surface area contributed by atoms with Gasteiger partial charge in [-0.15, -0.1) is 0 Å². The standard InChI is InChI=1S/C22H21N3O2/c26-22(27)19-5-2-1-4-18(19)17-9-7-16(8-10-17)14-25-13-3-6-21(25)20-11-12-23-15-24-20/h1-2,4-5,7-12,15,21H,3,6,13-14H2,(H,26,27)/t21-/m1/s1. The molecule has 0 bridgehead atoms. The van der Waals surface area contributed by atoms with Gasteiger partial charge >= 0.3 is 5.97 Å². The molecule has 27 heavy (non-hydrogen) atoms. The van der Waals surface area contributed by atoms with Crippen LogP contribution in [0.4, 0.5) is 0 Å². The third kappa shape index (κ3) is 3.73. The van der Waals surface area contributed by atoms with Crippen molar-refractivity contribution in [2.45, 2.75) is 25.4 Å². The molecule has 1 N–H and O–H groups in total. The molecule has 0 radical (unpaired) electrons. The van der Waals surface area contributed by atoms with Crippen LogP contribution < -0.4 is 0 Å². The molecular weight excluding hydrogens is 338 g/mol. The van der Waals surface area contributed by atoms with E-state index in [1.54, 1.807) is 24.7 Å². The number of carboxylic acid groups (broad SMARTS) is 1. The number of likely N-dealkylation sites (tertiary alicyclic amines) is 1. The topological polar surface area (TPSA) is 66.3 Å². The molecule has 1 aromatic heterocycles. The van der Waals surface area contributed by atoms with E-state index in [-0.39, 0.29) is 0 Å².